The highest BCUT2D eigenvalue weighted by atomic mass is 79.9. The van der Waals surface area contributed by atoms with Gasteiger partial charge in [-0.3, -0.25) is 10.1 Å². The smallest absolute Gasteiger partial charge is 0.347 e. The molecular weight excluding hydrogens is 344 g/mol. The van der Waals surface area contributed by atoms with Crippen LogP contribution in [0.25, 0.3) is 0 Å². The number of nitrogens with two attached hydrogens (primary N) is 1. The van der Waals surface area contributed by atoms with E-state index in [1.165, 1.54) is 13.8 Å². The summed E-state index contributed by atoms with van der Waals surface area (Å²) in [5.41, 5.74) is 4.80. The predicted molar refractivity (Wildman–Crippen MR) is 77.5 cm³/mol. The molecule has 7 nitrogen and oxygen atoms in total. The summed E-state index contributed by atoms with van der Waals surface area (Å²) in [5.74, 6) is -1.05. The Kier molecular flexibility index (Phi) is 6.16. The molecule has 0 spiro atoms. The fraction of sp³-hybridized carbons (Fsp3) is 0.308. The summed E-state index contributed by atoms with van der Waals surface area (Å²) in [4.78, 5) is 33.7. The quantitative estimate of drug-likeness (QED) is 0.772. The molecule has 1 aromatic rings. The zero-order valence-corrected chi connectivity index (χ0v) is 13.0. The molecule has 0 saturated carbocycles. The van der Waals surface area contributed by atoms with E-state index in [1.54, 1.807) is 24.3 Å². The molecule has 0 heterocycles. The number of urea groups is 1. The zero-order chi connectivity index (χ0) is 16.0. The fourth-order valence-electron chi connectivity index (χ4n) is 1.31. The van der Waals surface area contributed by atoms with Crippen molar-refractivity contribution in [3.8, 4) is 5.75 Å². The first-order valence-electron chi connectivity index (χ1n) is 6.02. The number of amides is 3. The third kappa shape index (κ3) is 5.82. The average molecular weight is 359 g/mol. The van der Waals surface area contributed by atoms with Crippen LogP contribution in [0.4, 0.5) is 4.79 Å². The summed E-state index contributed by atoms with van der Waals surface area (Å²) in [7, 11) is 0. The number of benzene rings is 1. The summed E-state index contributed by atoms with van der Waals surface area (Å²) < 4.78 is 11.1. The van der Waals surface area contributed by atoms with Gasteiger partial charge in [-0.15, -0.1) is 0 Å². The Morgan fingerprint density at radius 3 is 2.24 bits per heavy atom. The van der Waals surface area contributed by atoms with Gasteiger partial charge in [0.05, 0.1) is 0 Å². The van der Waals surface area contributed by atoms with E-state index in [0.29, 0.717) is 5.75 Å². The van der Waals surface area contributed by atoms with Crippen LogP contribution < -0.4 is 15.8 Å². The highest BCUT2D eigenvalue weighted by molar-refractivity contribution is 9.10. The summed E-state index contributed by atoms with van der Waals surface area (Å²) in [6, 6.07) is 5.86. The molecule has 0 aliphatic rings. The molecule has 0 aliphatic heterocycles. The molecule has 0 radical (unpaired) electrons. The third-order valence-corrected chi connectivity index (χ3v) is 2.90. The number of imide groups is 1. The molecule has 3 N–H and O–H groups in total. The number of nitrogens with one attached hydrogen (secondary N) is 1. The molecular formula is C13H15BrN2O5. The highest BCUT2D eigenvalue weighted by Gasteiger charge is 2.23. The molecule has 1 rings (SSSR count). The Bertz CT molecular complexity index is 532. The number of carbonyl (C=O) groups is 3. The van der Waals surface area contributed by atoms with Crippen molar-refractivity contribution in [2.45, 2.75) is 26.1 Å². The fourth-order valence-corrected chi connectivity index (χ4v) is 1.58. The second kappa shape index (κ2) is 7.63. The maximum atomic E-state index is 11.8. The molecule has 1 aromatic carbocycles. The molecule has 0 bridgehead atoms. The number of carbonyl (C=O) groups excluding carboxylic acids is 3. The maximum Gasteiger partial charge on any atom is 0.347 e. The van der Waals surface area contributed by atoms with Gasteiger partial charge in [0.15, 0.2) is 12.2 Å². The first-order valence-corrected chi connectivity index (χ1v) is 6.82. The van der Waals surface area contributed by atoms with Gasteiger partial charge in [-0.05, 0) is 38.1 Å². The number of hydrogen-bond donors (Lipinski definition) is 2. The molecule has 21 heavy (non-hydrogen) atoms. The van der Waals surface area contributed by atoms with Gasteiger partial charge in [-0.1, -0.05) is 15.9 Å². The van der Waals surface area contributed by atoms with Crippen molar-refractivity contribution in [3.05, 3.63) is 28.7 Å². The second-order valence-electron chi connectivity index (χ2n) is 4.15. The van der Waals surface area contributed by atoms with Crippen molar-refractivity contribution in [1.82, 2.24) is 5.32 Å². The Hall–Kier alpha value is -2.09. The molecule has 3 amide bonds. The van der Waals surface area contributed by atoms with Gasteiger partial charge in [-0.2, -0.15) is 0 Å². The molecule has 8 heteroatoms. The average Bonchev–Trinajstić information content (AvgIpc) is 2.40. The first kappa shape index (κ1) is 17.0. The molecule has 0 aliphatic carbocycles. The van der Waals surface area contributed by atoms with Crippen molar-refractivity contribution < 1.29 is 23.9 Å². The van der Waals surface area contributed by atoms with Crippen LogP contribution in [0, 0.1) is 0 Å². The van der Waals surface area contributed by atoms with E-state index in [9.17, 15) is 14.4 Å². The molecule has 114 valence electrons. The highest BCUT2D eigenvalue weighted by Crippen LogP contribution is 2.17. The van der Waals surface area contributed by atoms with Crippen molar-refractivity contribution in [1.29, 1.82) is 0 Å². The SMILES string of the molecule is C[C@H](OC(=O)[C@@H](C)Oc1ccc(Br)cc1)C(=O)NC(N)=O. The van der Waals surface area contributed by atoms with E-state index in [-0.39, 0.29) is 0 Å². The lowest BCUT2D eigenvalue weighted by Crippen LogP contribution is -2.43. The van der Waals surface area contributed by atoms with E-state index in [1.807, 2.05) is 5.32 Å². The van der Waals surface area contributed by atoms with E-state index >= 15 is 0 Å². The Morgan fingerprint density at radius 1 is 1.14 bits per heavy atom. The van der Waals surface area contributed by atoms with Gasteiger partial charge < -0.3 is 15.2 Å². The van der Waals surface area contributed by atoms with Crippen LogP contribution in [0.15, 0.2) is 28.7 Å². The van der Waals surface area contributed by atoms with Crippen molar-refractivity contribution in [3.63, 3.8) is 0 Å². The summed E-state index contributed by atoms with van der Waals surface area (Å²) >= 11 is 3.28. The minimum atomic E-state index is -1.15. The van der Waals surface area contributed by atoms with Crippen LogP contribution in [0.2, 0.25) is 0 Å². The first-order chi connectivity index (χ1) is 9.79. The van der Waals surface area contributed by atoms with Gasteiger partial charge >= 0.3 is 12.0 Å². The molecule has 0 aromatic heterocycles. The molecule has 0 fully saturated rings. The molecule has 2 atom stereocenters. The maximum absolute atomic E-state index is 11.8. The van der Waals surface area contributed by atoms with E-state index in [0.717, 1.165) is 4.47 Å². The van der Waals surface area contributed by atoms with Gasteiger partial charge in [0.1, 0.15) is 5.75 Å². The van der Waals surface area contributed by atoms with Crippen molar-refractivity contribution >= 4 is 33.8 Å². The summed E-state index contributed by atoms with van der Waals surface area (Å²) in [6.07, 6.45) is -2.06. The Balaban J connectivity index is 2.52. The van der Waals surface area contributed by atoms with Crippen LogP contribution in [0.3, 0.4) is 0 Å². The van der Waals surface area contributed by atoms with Crippen LogP contribution in [0.1, 0.15) is 13.8 Å². The van der Waals surface area contributed by atoms with Crippen LogP contribution in [-0.2, 0) is 14.3 Å². The number of rotatable bonds is 5. The lowest BCUT2D eigenvalue weighted by molar-refractivity contribution is -0.160. The topological polar surface area (TPSA) is 108 Å². The number of hydrogen-bond acceptors (Lipinski definition) is 5. The number of primary amides is 1. The predicted octanol–water partition coefficient (Wildman–Crippen LogP) is 1.34. The Labute approximate surface area is 129 Å². The standard InChI is InChI=1S/C13H15BrN2O5/c1-7(11(17)16-13(15)19)21-12(18)8(2)20-10-5-3-9(14)4-6-10/h3-8H,1-2H3,(H3,15,16,17,19)/t7-,8+/m0/s1. The number of ether oxygens (including phenoxy) is 2. The van der Waals surface area contributed by atoms with Gasteiger partial charge in [0.25, 0.3) is 5.91 Å². The second-order valence-corrected chi connectivity index (χ2v) is 5.06. The van der Waals surface area contributed by atoms with Crippen LogP contribution >= 0.6 is 15.9 Å². The Morgan fingerprint density at radius 2 is 1.71 bits per heavy atom. The van der Waals surface area contributed by atoms with Crippen LogP contribution in [-0.4, -0.2) is 30.1 Å². The number of esters is 1. The van der Waals surface area contributed by atoms with Crippen LogP contribution in [0.5, 0.6) is 5.75 Å². The largest absolute Gasteiger partial charge is 0.479 e. The lowest BCUT2D eigenvalue weighted by atomic mass is 10.3. The lowest BCUT2D eigenvalue weighted by Gasteiger charge is -2.17. The van der Waals surface area contributed by atoms with E-state index in [4.69, 9.17) is 15.2 Å². The molecule has 0 saturated heterocycles. The summed E-state index contributed by atoms with van der Waals surface area (Å²) in [6.45, 7) is 2.81. The van der Waals surface area contributed by atoms with Crippen molar-refractivity contribution in [2.75, 3.05) is 0 Å². The van der Waals surface area contributed by atoms with Gasteiger partial charge in [0, 0.05) is 4.47 Å². The normalized spacial score (nSPS) is 12.9. The molecule has 0 unspecified atom stereocenters. The van der Waals surface area contributed by atoms with E-state index in [2.05, 4.69) is 15.9 Å². The zero-order valence-electron chi connectivity index (χ0n) is 11.5. The number of halogens is 1. The summed E-state index contributed by atoms with van der Waals surface area (Å²) in [5, 5.41) is 1.82. The van der Waals surface area contributed by atoms with E-state index < -0.39 is 30.1 Å². The van der Waals surface area contributed by atoms with Crippen molar-refractivity contribution in [2.24, 2.45) is 5.73 Å². The monoisotopic (exact) mass is 358 g/mol. The minimum Gasteiger partial charge on any atom is -0.479 e. The third-order valence-electron chi connectivity index (χ3n) is 2.37. The van der Waals surface area contributed by atoms with Gasteiger partial charge in [0.2, 0.25) is 0 Å². The van der Waals surface area contributed by atoms with Gasteiger partial charge in [-0.25, -0.2) is 9.59 Å². The minimum absolute atomic E-state index is 0.483.